The number of fused-ring (bicyclic) bond motifs is 2. The van der Waals surface area contributed by atoms with E-state index in [1.54, 1.807) is 10.6 Å². The van der Waals surface area contributed by atoms with E-state index in [0.29, 0.717) is 12.2 Å². The summed E-state index contributed by atoms with van der Waals surface area (Å²) in [4.78, 5) is 11.6. The molecule has 1 aromatic carbocycles. The van der Waals surface area contributed by atoms with Crippen LogP contribution in [0.4, 0.5) is 5.69 Å². The van der Waals surface area contributed by atoms with E-state index in [4.69, 9.17) is 4.74 Å². The number of aromatic nitrogens is 1. The van der Waals surface area contributed by atoms with Gasteiger partial charge in [0, 0.05) is 24.7 Å². The van der Waals surface area contributed by atoms with Crippen LogP contribution in [-0.4, -0.2) is 22.1 Å². The van der Waals surface area contributed by atoms with Crippen molar-refractivity contribution in [1.29, 1.82) is 0 Å². The number of benzene rings is 1. The first kappa shape index (κ1) is 13.7. The highest BCUT2D eigenvalue weighted by Crippen LogP contribution is 2.26. The van der Waals surface area contributed by atoms with E-state index in [1.165, 1.54) is 5.56 Å². The largest absolute Gasteiger partial charge is 0.493 e. The van der Waals surface area contributed by atoms with Crippen molar-refractivity contribution in [2.24, 2.45) is 0 Å². The van der Waals surface area contributed by atoms with E-state index >= 15 is 0 Å². The second-order valence-electron chi connectivity index (χ2n) is 5.60. The lowest BCUT2D eigenvalue weighted by atomic mass is 10.1. The number of anilines is 1. The molecule has 1 aliphatic rings. The summed E-state index contributed by atoms with van der Waals surface area (Å²) < 4.78 is 7.19. The van der Waals surface area contributed by atoms with Crippen molar-refractivity contribution in [3.63, 3.8) is 0 Å². The minimum atomic E-state index is -0.948. The number of carboxylic acid groups (broad SMARTS) is 1. The van der Waals surface area contributed by atoms with E-state index in [1.807, 2.05) is 36.4 Å². The Morgan fingerprint density at radius 3 is 3.04 bits per heavy atom. The number of carbonyl (C=O) groups is 1. The first-order valence-electron chi connectivity index (χ1n) is 7.54. The number of ether oxygens (including phenoxy) is 1. The predicted octanol–water partition coefficient (Wildman–Crippen LogP) is 3.18. The molecule has 1 aliphatic heterocycles. The predicted molar refractivity (Wildman–Crippen MR) is 87.3 cm³/mol. The van der Waals surface area contributed by atoms with Crippen LogP contribution in [-0.2, 0) is 13.0 Å². The summed E-state index contributed by atoms with van der Waals surface area (Å²) >= 11 is 0. The monoisotopic (exact) mass is 308 g/mol. The van der Waals surface area contributed by atoms with Gasteiger partial charge in [0.25, 0.3) is 0 Å². The molecule has 0 radical (unpaired) electrons. The summed E-state index contributed by atoms with van der Waals surface area (Å²) in [6.45, 7) is 1.31. The quantitative estimate of drug-likeness (QED) is 0.777. The van der Waals surface area contributed by atoms with Crippen molar-refractivity contribution in [1.82, 2.24) is 4.40 Å². The highest BCUT2D eigenvalue weighted by atomic mass is 16.5. The normalized spacial score (nSPS) is 12.9. The summed E-state index contributed by atoms with van der Waals surface area (Å²) in [6.07, 6.45) is 2.69. The molecule has 23 heavy (non-hydrogen) atoms. The van der Waals surface area contributed by atoms with Crippen LogP contribution < -0.4 is 10.1 Å². The lowest BCUT2D eigenvalue weighted by Gasteiger charge is -2.12. The van der Waals surface area contributed by atoms with Gasteiger partial charge in [0.1, 0.15) is 5.75 Å². The summed E-state index contributed by atoms with van der Waals surface area (Å²) in [6, 6.07) is 13.5. The van der Waals surface area contributed by atoms with Crippen molar-refractivity contribution >= 4 is 17.2 Å². The zero-order chi connectivity index (χ0) is 15.8. The summed E-state index contributed by atoms with van der Waals surface area (Å²) in [5, 5.41) is 12.8. The average molecular weight is 308 g/mol. The molecular weight excluding hydrogens is 292 g/mol. The van der Waals surface area contributed by atoms with Gasteiger partial charge in [-0.2, -0.15) is 0 Å². The van der Waals surface area contributed by atoms with Gasteiger partial charge >= 0.3 is 5.97 Å². The van der Waals surface area contributed by atoms with Gasteiger partial charge in [0.2, 0.25) is 0 Å². The Kier molecular flexibility index (Phi) is 3.19. The minimum absolute atomic E-state index is 0.247. The molecule has 2 N–H and O–H groups in total. The van der Waals surface area contributed by atoms with E-state index in [9.17, 15) is 9.90 Å². The maximum Gasteiger partial charge on any atom is 0.355 e. The molecule has 0 atom stereocenters. The summed E-state index contributed by atoms with van der Waals surface area (Å²) in [5.74, 6) is 0.00499. The summed E-state index contributed by atoms with van der Waals surface area (Å²) in [7, 11) is 0. The Balaban J connectivity index is 1.62. The van der Waals surface area contributed by atoms with E-state index in [0.717, 1.165) is 29.9 Å². The number of aromatic carboxylic acids is 1. The molecule has 0 bridgehead atoms. The number of nitrogens with zero attached hydrogens (tertiary/aromatic N) is 1. The maximum absolute atomic E-state index is 11.6. The fourth-order valence-electron chi connectivity index (χ4n) is 3.02. The lowest BCUT2D eigenvalue weighted by molar-refractivity contribution is 0.0690. The molecule has 0 saturated heterocycles. The van der Waals surface area contributed by atoms with Gasteiger partial charge < -0.3 is 19.6 Å². The fraction of sp³-hybridized carbons (Fsp3) is 0.167. The third-order valence-electron chi connectivity index (χ3n) is 4.14. The van der Waals surface area contributed by atoms with Gasteiger partial charge in [-0.25, -0.2) is 4.79 Å². The molecule has 3 heterocycles. The molecular formula is C18H16N2O3. The summed E-state index contributed by atoms with van der Waals surface area (Å²) in [5.41, 5.74) is 4.04. The first-order valence-corrected chi connectivity index (χ1v) is 7.54. The number of carboxylic acids is 1. The Hall–Kier alpha value is -2.95. The third kappa shape index (κ3) is 2.40. The molecule has 2 aromatic heterocycles. The fourth-order valence-corrected chi connectivity index (χ4v) is 3.02. The molecule has 0 unspecified atom stereocenters. The zero-order valence-corrected chi connectivity index (χ0v) is 12.5. The van der Waals surface area contributed by atoms with E-state index < -0.39 is 5.97 Å². The van der Waals surface area contributed by atoms with Crippen LogP contribution in [0.2, 0.25) is 0 Å². The van der Waals surface area contributed by atoms with Crippen molar-refractivity contribution < 1.29 is 14.6 Å². The van der Waals surface area contributed by atoms with Crippen LogP contribution in [0.25, 0.3) is 5.52 Å². The van der Waals surface area contributed by atoms with Gasteiger partial charge in [0.05, 0.1) is 12.3 Å². The Morgan fingerprint density at radius 1 is 1.26 bits per heavy atom. The molecule has 5 heteroatoms. The van der Waals surface area contributed by atoms with Crippen LogP contribution in [0, 0.1) is 0 Å². The highest BCUT2D eigenvalue weighted by Gasteiger charge is 2.15. The molecule has 4 rings (SSSR count). The van der Waals surface area contributed by atoms with E-state index in [2.05, 4.69) is 11.4 Å². The number of hydrogen-bond donors (Lipinski definition) is 2. The Morgan fingerprint density at radius 2 is 2.17 bits per heavy atom. The van der Waals surface area contributed by atoms with Crippen molar-refractivity contribution in [3.05, 3.63) is 65.5 Å². The average Bonchev–Trinajstić information content (AvgIpc) is 3.19. The zero-order valence-electron chi connectivity index (χ0n) is 12.5. The number of rotatable bonds is 4. The van der Waals surface area contributed by atoms with Gasteiger partial charge in [-0.3, -0.25) is 0 Å². The maximum atomic E-state index is 11.6. The van der Waals surface area contributed by atoms with Gasteiger partial charge in [-0.05, 0) is 41.5 Å². The van der Waals surface area contributed by atoms with Crippen LogP contribution in [0.3, 0.4) is 0 Å². The molecule has 0 saturated carbocycles. The van der Waals surface area contributed by atoms with Crippen LogP contribution in [0.5, 0.6) is 5.75 Å². The molecule has 0 spiro atoms. The standard InChI is InChI=1S/C18H16N2O3/c21-18(22)17-15(5-4-14-2-1-8-20(14)17)19-11-12-3-6-16-13(10-12)7-9-23-16/h1-6,8,10,19H,7,9,11H2,(H,21,22). The van der Waals surface area contributed by atoms with E-state index in [-0.39, 0.29) is 5.69 Å². The molecule has 0 aliphatic carbocycles. The second kappa shape index (κ2) is 5.35. The lowest BCUT2D eigenvalue weighted by Crippen LogP contribution is -2.11. The minimum Gasteiger partial charge on any atom is -0.493 e. The van der Waals surface area contributed by atoms with Crippen LogP contribution >= 0.6 is 0 Å². The molecule has 5 nitrogen and oxygen atoms in total. The van der Waals surface area contributed by atoms with Crippen molar-refractivity contribution in [2.45, 2.75) is 13.0 Å². The molecule has 116 valence electrons. The Bertz CT molecular complexity index is 898. The van der Waals surface area contributed by atoms with Crippen molar-refractivity contribution in [2.75, 3.05) is 11.9 Å². The van der Waals surface area contributed by atoms with Gasteiger partial charge in [-0.1, -0.05) is 12.1 Å². The topological polar surface area (TPSA) is 63.0 Å². The molecule has 0 fully saturated rings. The van der Waals surface area contributed by atoms with Gasteiger partial charge in [0.15, 0.2) is 5.69 Å². The second-order valence-corrected chi connectivity index (χ2v) is 5.60. The Labute approximate surface area is 133 Å². The van der Waals surface area contributed by atoms with Crippen molar-refractivity contribution in [3.8, 4) is 5.75 Å². The first-order chi connectivity index (χ1) is 11.2. The number of nitrogens with one attached hydrogen (secondary N) is 1. The SMILES string of the molecule is O=C(O)c1c(NCc2ccc3c(c2)CCO3)ccc2cccn12. The van der Waals surface area contributed by atoms with Gasteiger partial charge in [-0.15, -0.1) is 0 Å². The molecule has 3 aromatic rings. The van der Waals surface area contributed by atoms with Crippen LogP contribution in [0.1, 0.15) is 21.6 Å². The molecule has 0 amide bonds. The number of hydrogen-bond acceptors (Lipinski definition) is 3. The third-order valence-corrected chi connectivity index (χ3v) is 4.14. The van der Waals surface area contributed by atoms with Crippen LogP contribution in [0.15, 0.2) is 48.7 Å². The highest BCUT2D eigenvalue weighted by molar-refractivity contribution is 5.93. The smallest absolute Gasteiger partial charge is 0.355 e. The number of pyridine rings is 1.